The molecule has 1 unspecified atom stereocenters. The standard InChI is InChI=1S/C23H24F5N5O2S/c1-36-30-12-22(6-7-22)15-5-4-14(10-16(15)24)33-8-2-3-18(20(33)34)31-21(35)32-19-17(25)9-13(11-29-19)23(26,27)28/h4-5,9-11,18,30H,2-3,6-8,12H2,1H3,(H2,29,31,32,35). The van der Waals surface area contributed by atoms with Crippen LogP contribution in [0.2, 0.25) is 0 Å². The molecule has 1 saturated heterocycles. The van der Waals surface area contributed by atoms with Gasteiger partial charge < -0.3 is 10.2 Å². The summed E-state index contributed by atoms with van der Waals surface area (Å²) >= 11 is 1.47. The third-order valence-corrected chi connectivity index (χ3v) is 6.82. The van der Waals surface area contributed by atoms with E-state index in [9.17, 15) is 27.2 Å². The summed E-state index contributed by atoms with van der Waals surface area (Å²) in [4.78, 5) is 30.0. The first-order valence-electron chi connectivity index (χ1n) is 11.2. The molecule has 2 aliphatic rings. The first-order chi connectivity index (χ1) is 17.0. The molecule has 2 heterocycles. The topological polar surface area (TPSA) is 86.4 Å². The fourth-order valence-corrected chi connectivity index (χ4v) is 4.68. The number of anilines is 2. The van der Waals surface area contributed by atoms with Gasteiger partial charge in [0.25, 0.3) is 0 Å². The molecule has 3 N–H and O–H groups in total. The van der Waals surface area contributed by atoms with Crippen LogP contribution in [0.25, 0.3) is 0 Å². The Morgan fingerprint density at radius 2 is 1.97 bits per heavy atom. The highest BCUT2D eigenvalue weighted by atomic mass is 32.2. The first kappa shape index (κ1) is 26.1. The summed E-state index contributed by atoms with van der Waals surface area (Å²) in [5.74, 6) is -2.96. The highest BCUT2D eigenvalue weighted by molar-refractivity contribution is 7.96. The zero-order valence-corrected chi connectivity index (χ0v) is 20.0. The molecule has 0 spiro atoms. The molecule has 13 heteroatoms. The van der Waals surface area contributed by atoms with Crippen LogP contribution >= 0.6 is 11.9 Å². The number of benzene rings is 1. The summed E-state index contributed by atoms with van der Waals surface area (Å²) < 4.78 is 70.2. The van der Waals surface area contributed by atoms with Gasteiger partial charge in [-0.1, -0.05) is 18.0 Å². The van der Waals surface area contributed by atoms with E-state index in [0.717, 1.165) is 12.8 Å². The van der Waals surface area contributed by atoms with Gasteiger partial charge in [0.05, 0.1) is 5.56 Å². The van der Waals surface area contributed by atoms with Crippen molar-refractivity contribution >= 4 is 35.4 Å². The largest absolute Gasteiger partial charge is 0.417 e. The zero-order chi connectivity index (χ0) is 26.1. The molecule has 36 heavy (non-hydrogen) atoms. The SMILES string of the molecule is CSNCC1(c2ccc(N3CCCC(NC(=O)Nc4ncc(C(F)(F)F)cc4F)C3=O)cc2F)CC1. The quantitative estimate of drug-likeness (QED) is 0.361. The van der Waals surface area contributed by atoms with Gasteiger partial charge in [-0.05, 0) is 55.7 Å². The molecule has 3 amide bonds. The molecular weight excluding hydrogens is 505 g/mol. The molecule has 1 aromatic carbocycles. The van der Waals surface area contributed by atoms with Gasteiger partial charge in [-0.3, -0.25) is 14.8 Å². The maximum Gasteiger partial charge on any atom is 0.417 e. The predicted molar refractivity (Wildman–Crippen MR) is 126 cm³/mol. The van der Waals surface area contributed by atoms with E-state index in [2.05, 4.69) is 15.0 Å². The lowest BCUT2D eigenvalue weighted by Crippen LogP contribution is -2.53. The van der Waals surface area contributed by atoms with E-state index < -0.39 is 47.2 Å². The average Bonchev–Trinajstić information content (AvgIpc) is 3.60. The van der Waals surface area contributed by atoms with Gasteiger partial charge in [0.1, 0.15) is 11.9 Å². The van der Waals surface area contributed by atoms with Crippen LogP contribution in [0.5, 0.6) is 0 Å². The third kappa shape index (κ3) is 5.56. The predicted octanol–water partition coefficient (Wildman–Crippen LogP) is 4.59. The van der Waals surface area contributed by atoms with E-state index in [0.29, 0.717) is 37.0 Å². The number of hydrogen-bond acceptors (Lipinski definition) is 5. The van der Waals surface area contributed by atoms with Crippen molar-refractivity contribution in [3.05, 3.63) is 53.2 Å². The lowest BCUT2D eigenvalue weighted by atomic mass is 9.94. The van der Waals surface area contributed by atoms with Gasteiger partial charge in [-0.2, -0.15) is 13.2 Å². The van der Waals surface area contributed by atoms with Gasteiger partial charge in [0.2, 0.25) is 5.91 Å². The number of alkyl halides is 3. The molecule has 2 aromatic rings. The van der Waals surface area contributed by atoms with Gasteiger partial charge in [0, 0.05) is 30.4 Å². The summed E-state index contributed by atoms with van der Waals surface area (Å²) in [6, 6.07) is 2.92. The van der Waals surface area contributed by atoms with Crippen LogP contribution in [0.1, 0.15) is 36.8 Å². The number of amides is 3. The van der Waals surface area contributed by atoms with Gasteiger partial charge in [-0.15, -0.1) is 0 Å². The minimum Gasteiger partial charge on any atom is -0.326 e. The molecule has 7 nitrogen and oxygen atoms in total. The molecule has 0 radical (unpaired) electrons. The molecule has 0 bridgehead atoms. The Balaban J connectivity index is 1.41. The molecule has 1 atom stereocenters. The molecule has 1 aliphatic carbocycles. The summed E-state index contributed by atoms with van der Waals surface area (Å²) in [7, 11) is 0. The van der Waals surface area contributed by atoms with Crippen molar-refractivity contribution in [2.24, 2.45) is 0 Å². The van der Waals surface area contributed by atoms with E-state index in [1.807, 2.05) is 11.6 Å². The van der Waals surface area contributed by atoms with Crippen molar-refractivity contribution in [1.82, 2.24) is 15.0 Å². The van der Waals surface area contributed by atoms with E-state index in [-0.39, 0.29) is 17.9 Å². The monoisotopic (exact) mass is 529 g/mol. The summed E-state index contributed by atoms with van der Waals surface area (Å²) in [6.45, 7) is 0.967. The number of piperidine rings is 1. The van der Waals surface area contributed by atoms with Crippen LogP contribution < -0.4 is 20.3 Å². The maximum atomic E-state index is 15.0. The van der Waals surface area contributed by atoms with E-state index in [1.165, 1.54) is 22.9 Å². The van der Waals surface area contributed by atoms with E-state index in [4.69, 9.17) is 0 Å². The minimum atomic E-state index is -4.78. The Bertz CT molecular complexity index is 1160. The van der Waals surface area contributed by atoms with Crippen molar-refractivity contribution in [3.8, 4) is 0 Å². The number of rotatable bonds is 7. The number of pyridine rings is 1. The van der Waals surface area contributed by atoms with Crippen LogP contribution in [-0.4, -0.2) is 42.3 Å². The Labute approximate surface area is 208 Å². The van der Waals surface area contributed by atoms with Crippen LogP contribution in [0, 0.1) is 11.6 Å². The van der Waals surface area contributed by atoms with Crippen LogP contribution in [0.15, 0.2) is 30.5 Å². The Morgan fingerprint density at radius 1 is 1.22 bits per heavy atom. The highest BCUT2D eigenvalue weighted by Gasteiger charge is 2.46. The molecular formula is C23H24F5N5O2S. The molecule has 2 fully saturated rings. The Kier molecular flexibility index (Phi) is 7.41. The number of hydrogen-bond donors (Lipinski definition) is 3. The zero-order valence-electron chi connectivity index (χ0n) is 19.2. The fraction of sp³-hybridized carbons (Fsp3) is 0.435. The lowest BCUT2D eigenvalue weighted by molar-refractivity contribution is -0.138. The van der Waals surface area contributed by atoms with Crippen molar-refractivity contribution in [3.63, 3.8) is 0 Å². The molecule has 4 rings (SSSR count). The normalized spacial score (nSPS) is 19.2. The third-order valence-electron chi connectivity index (χ3n) is 6.39. The molecule has 1 aliphatic heterocycles. The lowest BCUT2D eigenvalue weighted by Gasteiger charge is -2.33. The number of nitrogens with one attached hydrogen (secondary N) is 3. The van der Waals surface area contributed by atoms with Gasteiger partial charge >= 0.3 is 12.2 Å². The van der Waals surface area contributed by atoms with Crippen molar-refractivity contribution in [1.29, 1.82) is 0 Å². The number of carbonyl (C=O) groups is 2. The number of nitrogens with zero attached hydrogens (tertiary/aromatic N) is 2. The Hall–Kier alpha value is -2.93. The first-order valence-corrected chi connectivity index (χ1v) is 12.4. The molecule has 194 valence electrons. The van der Waals surface area contributed by atoms with Gasteiger partial charge in [0.15, 0.2) is 11.6 Å². The maximum absolute atomic E-state index is 15.0. The van der Waals surface area contributed by atoms with Crippen molar-refractivity contribution < 1.29 is 31.5 Å². The number of urea groups is 1. The molecule has 1 aromatic heterocycles. The minimum absolute atomic E-state index is 0.219. The van der Waals surface area contributed by atoms with Crippen molar-refractivity contribution in [2.45, 2.75) is 43.3 Å². The fourth-order valence-electron chi connectivity index (χ4n) is 4.26. The average molecular weight is 530 g/mol. The highest BCUT2D eigenvalue weighted by Crippen LogP contribution is 2.49. The second kappa shape index (κ2) is 10.2. The Morgan fingerprint density at radius 3 is 2.58 bits per heavy atom. The number of aromatic nitrogens is 1. The molecule has 1 saturated carbocycles. The smallest absolute Gasteiger partial charge is 0.326 e. The summed E-state index contributed by atoms with van der Waals surface area (Å²) in [5, 5.41) is 4.42. The van der Waals surface area contributed by atoms with Crippen molar-refractivity contribution in [2.75, 3.05) is 29.6 Å². The van der Waals surface area contributed by atoms with Crippen LogP contribution in [0.3, 0.4) is 0 Å². The number of halogens is 5. The van der Waals surface area contributed by atoms with E-state index in [1.54, 1.807) is 12.1 Å². The second-order valence-electron chi connectivity index (χ2n) is 8.81. The van der Waals surface area contributed by atoms with E-state index >= 15 is 4.39 Å². The number of carbonyl (C=O) groups excluding carboxylic acids is 2. The van der Waals surface area contributed by atoms with Gasteiger partial charge in [-0.25, -0.2) is 18.6 Å². The summed E-state index contributed by atoms with van der Waals surface area (Å²) in [6.07, 6.45) is 0.0508. The summed E-state index contributed by atoms with van der Waals surface area (Å²) in [5.41, 5.74) is -0.591. The van der Waals surface area contributed by atoms with Crippen LogP contribution in [-0.2, 0) is 16.4 Å². The second-order valence-corrected chi connectivity index (χ2v) is 9.50. The van der Waals surface area contributed by atoms with Crippen LogP contribution in [0.4, 0.5) is 38.3 Å².